The lowest BCUT2D eigenvalue weighted by Gasteiger charge is -2.18. The Labute approximate surface area is 470 Å². The van der Waals surface area contributed by atoms with Crippen LogP contribution >= 0.6 is 0 Å². The summed E-state index contributed by atoms with van der Waals surface area (Å²) in [4.78, 5) is 38.2. The van der Waals surface area contributed by atoms with E-state index >= 15 is 0 Å². The van der Waals surface area contributed by atoms with Crippen molar-refractivity contribution in [2.75, 3.05) is 13.2 Å². The standard InChI is InChI=1S/C70H120O6/c1-4-7-10-13-16-19-22-24-26-28-30-31-32-33-34-35-36-37-38-39-40-42-43-45-48-51-54-57-60-63-69(72)75-66-67(65-74-68(71)62-59-56-53-50-47-21-18-15-12-9-6-3)76-70(73)64-61-58-55-52-49-46-44-41-29-27-25-23-20-17-14-11-8-5-2/h7,10,16,19,24,26,30-31,33-34,36-37,39-40,43,45,67H,4-6,8-9,11-15,17-18,20-23,25,27-29,32,35,38,41-42,44,46-66H2,1-3H3/b10-7-,19-16-,26-24-,31-30-,34-33-,37-36-,40-39-,45-43-. The van der Waals surface area contributed by atoms with Gasteiger partial charge in [0.15, 0.2) is 6.10 Å². The summed E-state index contributed by atoms with van der Waals surface area (Å²) >= 11 is 0. The Balaban J connectivity index is 4.32. The van der Waals surface area contributed by atoms with Crippen molar-refractivity contribution in [2.24, 2.45) is 0 Å². The largest absolute Gasteiger partial charge is 0.462 e. The molecule has 6 heteroatoms. The molecule has 0 aromatic rings. The number of rotatable bonds is 58. The summed E-state index contributed by atoms with van der Waals surface area (Å²) in [5, 5.41) is 0. The quantitative estimate of drug-likeness (QED) is 0.0261. The van der Waals surface area contributed by atoms with Gasteiger partial charge in [-0.1, -0.05) is 304 Å². The first-order valence-corrected chi connectivity index (χ1v) is 32.2. The van der Waals surface area contributed by atoms with Crippen molar-refractivity contribution in [3.63, 3.8) is 0 Å². The summed E-state index contributed by atoms with van der Waals surface area (Å²) in [6.07, 6.45) is 85.6. The third-order valence-corrected chi connectivity index (χ3v) is 13.9. The molecule has 0 spiro atoms. The van der Waals surface area contributed by atoms with Crippen LogP contribution in [0.15, 0.2) is 97.2 Å². The summed E-state index contributed by atoms with van der Waals surface area (Å²) in [6, 6.07) is 0. The summed E-state index contributed by atoms with van der Waals surface area (Å²) in [7, 11) is 0. The summed E-state index contributed by atoms with van der Waals surface area (Å²) in [6.45, 7) is 6.53. The number of esters is 3. The van der Waals surface area contributed by atoms with Crippen LogP contribution in [-0.4, -0.2) is 37.2 Å². The lowest BCUT2D eigenvalue weighted by molar-refractivity contribution is -0.167. The Morgan fingerprint density at radius 3 is 0.803 bits per heavy atom. The third kappa shape index (κ3) is 61.2. The summed E-state index contributed by atoms with van der Waals surface area (Å²) in [5.74, 6) is -0.896. The normalized spacial score (nSPS) is 12.7. The van der Waals surface area contributed by atoms with E-state index in [-0.39, 0.29) is 31.1 Å². The molecule has 76 heavy (non-hydrogen) atoms. The van der Waals surface area contributed by atoms with E-state index in [0.717, 1.165) is 122 Å². The molecular weight excluding hydrogens is 937 g/mol. The minimum absolute atomic E-state index is 0.0816. The van der Waals surface area contributed by atoms with Crippen LogP contribution in [0.5, 0.6) is 0 Å². The average Bonchev–Trinajstić information content (AvgIpc) is 3.42. The average molecular weight is 1060 g/mol. The van der Waals surface area contributed by atoms with Crippen molar-refractivity contribution < 1.29 is 28.6 Å². The van der Waals surface area contributed by atoms with E-state index < -0.39 is 6.10 Å². The van der Waals surface area contributed by atoms with Gasteiger partial charge in [-0.25, -0.2) is 0 Å². The molecule has 0 heterocycles. The first-order chi connectivity index (χ1) is 37.5. The Morgan fingerprint density at radius 1 is 0.276 bits per heavy atom. The maximum absolute atomic E-state index is 12.9. The van der Waals surface area contributed by atoms with E-state index in [9.17, 15) is 14.4 Å². The van der Waals surface area contributed by atoms with Crippen LogP contribution in [-0.2, 0) is 28.6 Å². The Morgan fingerprint density at radius 2 is 0.513 bits per heavy atom. The zero-order chi connectivity index (χ0) is 55.0. The predicted octanol–water partition coefficient (Wildman–Crippen LogP) is 22.0. The molecule has 0 aliphatic heterocycles. The second-order valence-corrected chi connectivity index (χ2v) is 21.3. The molecule has 1 unspecified atom stereocenters. The predicted molar refractivity (Wildman–Crippen MR) is 330 cm³/mol. The van der Waals surface area contributed by atoms with Crippen molar-refractivity contribution >= 4 is 17.9 Å². The molecule has 0 aromatic heterocycles. The first-order valence-electron chi connectivity index (χ1n) is 32.2. The topological polar surface area (TPSA) is 78.9 Å². The lowest BCUT2D eigenvalue weighted by Crippen LogP contribution is -2.30. The molecule has 0 aliphatic rings. The first kappa shape index (κ1) is 72.3. The van der Waals surface area contributed by atoms with Gasteiger partial charge in [0.25, 0.3) is 0 Å². The SMILES string of the molecule is CC/C=C\C/C=C\C/C=C\C/C=C\C/C=C\C/C=C\C/C=C\C/C=C\CCCCCCC(=O)OCC(COC(=O)CCCCCCCCCCCCC)OC(=O)CCCCCCCCCCCCCCCCCCCC. The lowest BCUT2D eigenvalue weighted by atomic mass is 10.0. The van der Waals surface area contributed by atoms with Crippen LogP contribution in [0, 0.1) is 0 Å². The molecule has 0 aromatic carbocycles. The van der Waals surface area contributed by atoms with Gasteiger partial charge < -0.3 is 14.2 Å². The molecule has 436 valence electrons. The van der Waals surface area contributed by atoms with Gasteiger partial charge in [0.1, 0.15) is 13.2 Å². The van der Waals surface area contributed by atoms with Gasteiger partial charge in [0.05, 0.1) is 0 Å². The zero-order valence-electron chi connectivity index (χ0n) is 50.0. The van der Waals surface area contributed by atoms with Gasteiger partial charge in [0.2, 0.25) is 0 Å². The van der Waals surface area contributed by atoms with Crippen molar-refractivity contribution in [1.29, 1.82) is 0 Å². The monoisotopic (exact) mass is 1060 g/mol. The van der Waals surface area contributed by atoms with Gasteiger partial charge in [-0.3, -0.25) is 14.4 Å². The minimum Gasteiger partial charge on any atom is -0.462 e. The Bertz CT molecular complexity index is 1490. The van der Waals surface area contributed by atoms with Gasteiger partial charge in [-0.2, -0.15) is 0 Å². The van der Waals surface area contributed by atoms with Crippen LogP contribution in [0.25, 0.3) is 0 Å². The van der Waals surface area contributed by atoms with Gasteiger partial charge in [-0.05, 0) is 83.5 Å². The molecule has 0 radical (unpaired) electrons. The fourth-order valence-corrected chi connectivity index (χ4v) is 9.05. The molecule has 0 N–H and O–H groups in total. The van der Waals surface area contributed by atoms with Crippen LogP contribution in [0.2, 0.25) is 0 Å². The van der Waals surface area contributed by atoms with Crippen LogP contribution < -0.4 is 0 Å². The number of unbranched alkanes of at least 4 members (excludes halogenated alkanes) is 31. The molecule has 0 fully saturated rings. The molecular formula is C70H120O6. The number of hydrogen-bond acceptors (Lipinski definition) is 6. The fraction of sp³-hybridized carbons (Fsp3) is 0.729. The van der Waals surface area contributed by atoms with Gasteiger partial charge in [-0.15, -0.1) is 0 Å². The number of hydrogen-bond donors (Lipinski definition) is 0. The molecule has 6 nitrogen and oxygen atoms in total. The highest BCUT2D eigenvalue weighted by Crippen LogP contribution is 2.17. The maximum Gasteiger partial charge on any atom is 0.306 e. The highest BCUT2D eigenvalue weighted by atomic mass is 16.6. The highest BCUT2D eigenvalue weighted by molar-refractivity contribution is 5.71. The van der Waals surface area contributed by atoms with Crippen molar-refractivity contribution in [2.45, 2.75) is 316 Å². The Hall–Kier alpha value is -3.67. The maximum atomic E-state index is 12.9. The van der Waals surface area contributed by atoms with Crippen LogP contribution in [0.3, 0.4) is 0 Å². The van der Waals surface area contributed by atoms with E-state index in [0.29, 0.717) is 19.3 Å². The second-order valence-electron chi connectivity index (χ2n) is 21.3. The molecule has 0 amide bonds. The van der Waals surface area contributed by atoms with Crippen molar-refractivity contribution in [1.82, 2.24) is 0 Å². The number of allylic oxidation sites excluding steroid dienone is 16. The van der Waals surface area contributed by atoms with E-state index in [1.807, 2.05) is 0 Å². The fourth-order valence-electron chi connectivity index (χ4n) is 9.05. The van der Waals surface area contributed by atoms with E-state index in [1.165, 1.54) is 148 Å². The van der Waals surface area contributed by atoms with Crippen molar-refractivity contribution in [3.8, 4) is 0 Å². The minimum atomic E-state index is -0.786. The molecule has 1 atom stereocenters. The zero-order valence-corrected chi connectivity index (χ0v) is 50.0. The summed E-state index contributed by atoms with van der Waals surface area (Å²) in [5.41, 5.74) is 0. The number of carbonyl (C=O) groups is 3. The van der Waals surface area contributed by atoms with Gasteiger partial charge in [0, 0.05) is 19.3 Å². The Kier molecular flexibility index (Phi) is 60.8. The van der Waals surface area contributed by atoms with Gasteiger partial charge >= 0.3 is 17.9 Å². The van der Waals surface area contributed by atoms with E-state index in [1.54, 1.807) is 0 Å². The second kappa shape index (κ2) is 63.9. The van der Waals surface area contributed by atoms with Crippen molar-refractivity contribution in [3.05, 3.63) is 97.2 Å². The highest BCUT2D eigenvalue weighted by Gasteiger charge is 2.19. The number of carbonyl (C=O) groups excluding carboxylic acids is 3. The molecule has 0 saturated carbocycles. The smallest absolute Gasteiger partial charge is 0.306 e. The molecule has 0 rings (SSSR count). The molecule has 0 aliphatic carbocycles. The molecule has 0 saturated heterocycles. The van der Waals surface area contributed by atoms with E-state index in [2.05, 4.69) is 118 Å². The van der Waals surface area contributed by atoms with E-state index in [4.69, 9.17) is 14.2 Å². The molecule has 0 bridgehead atoms. The number of ether oxygens (including phenoxy) is 3. The van der Waals surface area contributed by atoms with Crippen LogP contribution in [0.4, 0.5) is 0 Å². The third-order valence-electron chi connectivity index (χ3n) is 13.9. The summed E-state index contributed by atoms with van der Waals surface area (Å²) < 4.78 is 16.9. The van der Waals surface area contributed by atoms with Crippen LogP contribution in [0.1, 0.15) is 310 Å².